The Morgan fingerprint density at radius 2 is 1.76 bits per heavy atom. The Morgan fingerprint density at radius 3 is 2.48 bits per heavy atom. The fraction of sp³-hybridized carbons (Fsp3) is 0.300. The summed E-state index contributed by atoms with van der Waals surface area (Å²) in [6.07, 6.45) is 0. The first kappa shape index (κ1) is 15.7. The molecule has 0 aromatic heterocycles. The quantitative estimate of drug-likeness (QED) is 0.625. The molecular formula is C20H18N2O3. The summed E-state index contributed by atoms with van der Waals surface area (Å²) in [5.41, 5.74) is -0.172. The van der Waals surface area contributed by atoms with Gasteiger partial charge in [0, 0.05) is 11.5 Å². The molecule has 1 aliphatic heterocycles. The van der Waals surface area contributed by atoms with E-state index >= 15 is 0 Å². The molecule has 4 rings (SSSR count). The molecule has 5 heteroatoms. The highest BCUT2D eigenvalue weighted by atomic mass is 16.5. The van der Waals surface area contributed by atoms with Crippen LogP contribution < -0.4 is 0 Å². The average Bonchev–Trinajstić information content (AvgIpc) is 3.24. The van der Waals surface area contributed by atoms with E-state index in [1.807, 2.05) is 30.3 Å². The minimum atomic E-state index is -1.23. The number of rotatable bonds is 4. The second-order valence-corrected chi connectivity index (χ2v) is 6.58. The zero-order valence-corrected chi connectivity index (χ0v) is 14.1. The molecule has 3 atom stereocenters. The molecule has 2 aromatic carbocycles. The second kappa shape index (κ2) is 5.34. The van der Waals surface area contributed by atoms with Gasteiger partial charge in [-0.1, -0.05) is 48.5 Å². The first-order chi connectivity index (χ1) is 12.1. The lowest BCUT2D eigenvalue weighted by molar-refractivity contribution is -0.149. The van der Waals surface area contributed by atoms with Crippen molar-refractivity contribution in [2.75, 3.05) is 6.61 Å². The van der Waals surface area contributed by atoms with Crippen molar-refractivity contribution in [1.29, 1.82) is 0 Å². The van der Waals surface area contributed by atoms with Crippen molar-refractivity contribution in [2.45, 2.75) is 25.3 Å². The summed E-state index contributed by atoms with van der Waals surface area (Å²) < 4.78 is 5.29. The third-order valence-corrected chi connectivity index (χ3v) is 5.35. The zero-order valence-electron chi connectivity index (χ0n) is 14.1. The number of azo groups is 1. The van der Waals surface area contributed by atoms with Crippen LogP contribution in [0.4, 0.5) is 5.69 Å². The van der Waals surface area contributed by atoms with Crippen molar-refractivity contribution in [3.05, 3.63) is 65.7 Å². The van der Waals surface area contributed by atoms with E-state index in [9.17, 15) is 9.59 Å². The number of ketones is 1. The number of esters is 1. The Labute approximate surface area is 145 Å². The summed E-state index contributed by atoms with van der Waals surface area (Å²) in [7, 11) is 0. The molecule has 1 fully saturated rings. The maximum atomic E-state index is 13.3. The van der Waals surface area contributed by atoms with Crippen LogP contribution in [-0.4, -0.2) is 23.9 Å². The van der Waals surface area contributed by atoms with Crippen LogP contribution in [0.15, 0.2) is 64.8 Å². The van der Waals surface area contributed by atoms with Crippen molar-refractivity contribution >= 4 is 17.4 Å². The van der Waals surface area contributed by atoms with Crippen molar-refractivity contribution < 1.29 is 14.3 Å². The molecule has 5 nitrogen and oxygen atoms in total. The molecule has 0 amide bonds. The molecule has 1 saturated carbocycles. The predicted molar refractivity (Wildman–Crippen MR) is 91.9 cm³/mol. The van der Waals surface area contributed by atoms with Crippen LogP contribution in [0.1, 0.15) is 35.7 Å². The normalized spacial score (nSPS) is 28.6. The number of fused-ring (bicyclic) bond motifs is 3. The van der Waals surface area contributed by atoms with Gasteiger partial charge in [-0.3, -0.25) is 9.59 Å². The Kier molecular flexibility index (Phi) is 3.35. The summed E-state index contributed by atoms with van der Waals surface area (Å²) in [5, 5.41) is 8.65. The van der Waals surface area contributed by atoms with Crippen LogP contribution in [0.3, 0.4) is 0 Å². The number of ether oxygens (including phenoxy) is 1. The minimum Gasteiger partial charge on any atom is -0.465 e. The number of Topliss-reactive ketones (excluding diaryl/α,β-unsaturated/α-hetero) is 1. The van der Waals surface area contributed by atoms with Gasteiger partial charge >= 0.3 is 5.97 Å². The standard InChI is InChI=1S/C20H18N2O3/c1-3-25-18(24)19(2)16-14-11-7-8-12-15(14)21-22-20(16,19)17(23)13-9-5-4-6-10-13/h4-12,16H,3H2,1-2H3/t16?,19-,20?/m1/s1. The summed E-state index contributed by atoms with van der Waals surface area (Å²) in [6.45, 7) is 3.78. The SMILES string of the molecule is CCOC(=O)[C@@]1(C)C2c3ccccc3N=NC21C(=O)c1ccccc1. The van der Waals surface area contributed by atoms with E-state index in [-0.39, 0.29) is 18.3 Å². The van der Waals surface area contributed by atoms with Crippen molar-refractivity contribution in [2.24, 2.45) is 15.6 Å². The van der Waals surface area contributed by atoms with Gasteiger partial charge in [-0.05, 0) is 25.5 Å². The highest BCUT2D eigenvalue weighted by Crippen LogP contribution is 2.74. The van der Waals surface area contributed by atoms with Crippen molar-refractivity contribution in [3.8, 4) is 0 Å². The zero-order chi connectivity index (χ0) is 17.7. The molecule has 2 aromatic rings. The first-order valence-electron chi connectivity index (χ1n) is 8.36. The van der Waals surface area contributed by atoms with E-state index < -0.39 is 16.9 Å². The summed E-state index contributed by atoms with van der Waals surface area (Å²) in [6, 6.07) is 16.5. The Bertz CT molecular complexity index is 893. The van der Waals surface area contributed by atoms with Crippen molar-refractivity contribution in [3.63, 3.8) is 0 Å². The predicted octanol–water partition coefficient (Wildman–Crippen LogP) is 4.07. The first-order valence-corrected chi connectivity index (χ1v) is 8.36. The van der Waals surface area contributed by atoms with Crippen LogP contribution in [0.5, 0.6) is 0 Å². The number of nitrogens with zero attached hydrogens (tertiary/aromatic N) is 2. The average molecular weight is 334 g/mol. The second-order valence-electron chi connectivity index (χ2n) is 6.58. The minimum absolute atomic E-state index is 0.188. The largest absolute Gasteiger partial charge is 0.465 e. The smallest absolute Gasteiger partial charge is 0.315 e. The molecular weight excluding hydrogens is 316 g/mol. The highest BCUT2D eigenvalue weighted by Gasteiger charge is 2.85. The van der Waals surface area contributed by atoms with Crippen LogP contribution in [-0.2, 0) is 9.53 Å². The van der Waals surface area contributed by atoms with Crippen molar-refractivity contribution in [1.82, 2.24) is 0 Å². The van der Waals surface area contributed by atoms with Gasteiger partial charge in [0.25, 0.3) is 0 Å². The molecule has 2 unspecified atom stereocenters. The van der Waals surface area contributed by atoms with Gasteiger partial charge in [-0.25, -0.2) is 0 Å². The maximum absolute atomic E-state index is 13.3. The molecule has 0 N–H and O–H groups in total. The Morgan fingerprint density at radius 1 is 1.08 bits per heavy atom. The lowest BCUT2D eigenvalue weighted by Gasteiger charge is -2.17. The van der Waals surface area contributed by atoms with Gasteiger partial charge in [0.05, 0.1) is 12.3 Å². The lowest BCUT2D eigenvalue weighted by Crippen LogP contribution is -2.33. The summed E-state index contributed by atoms with van der Waals surface area (Å²) in [4.78, 5) is 26.1. The molecule has 126 valence electrons. The van der Waals surface area contributed by atoms with E-state index in [0.717, 1.165) is 5.56 Å². The summed E-state index contributed by atoms with van der Waals surface area (Å²) in [5.74, 6) is -0.952. The van der Waals surface area contributed by atoms with E-state index in [1.165, 1.54) is 0 Å². The molecule has 0 saturated heterocycles. The van der Waals surface area contributed by atoms with E-state index in [4.69, 9.17) is 4.74 Å². The summed E-state index contributed by atoms with van der Waals surface area (Å²) >= 11 is 0. The number of carbonyl (C=O) groups is 2. The van der Waals surface area contributed by atoms with Gasteiger partial charge in [0.15, 0.2) is 11.3 Å². The lowest BCUT2D eigenvalue weighted by atomic mass is 9.94. The van der Waals surface area contributed by atoms with Gasteiger partial charge in [0.1, 0.15) is 5.41 Å². The monoisotopic (exact) mass is 334 g/mol. The van der Waals surface area contributed by atoms with Crippen LogP contribution >= 0.6 is 0 Å². The molecule has 0 radical (unpaired) electrons. The van der Waals surface area contributed by atoms with Crippen LogP contribution in [0, 0.1) is 5.41 Å². The van der Waals surface area contributed by atoms with Gasteiger partial charge in [-0.15, -0.1) is 0 Å². The van der Waals surface area contributed by atoms with Crippen LogP contribution in [0.2, 0.25) is 0 Å². The molecule has 0 spiro atoms. The number of benzene rings is 2. The molecule has 2 aliphatic rings. The van der Waals surface area contributed by atoms with E-state index in [1.54, 1.807) is 38.1 Å². The number of carbonyl (C=O) groups excluding carboxylic acids is 2. The van der Waals surface area contributed by atoms with E-state index in [0.29, 0.717) is 11.3 Å². The third-order valence-electron chi connectivity index (χ3n) is 5.35. The third kappa shape index (κ3) is 1.89. The van der Waals surface area contributed by atoms with Gasteiger partial charge in [-0.2, -0.15) is 10.2 Å². The van der Waals surface area contributed by atoms with E-state index in [2.05, 4.69) is 10.2 Å². The fourth-order valence-corrected chi connectivity index (χ4v) is 4.03. The highest BCUT2D eigenvalue weighted by molar-refractivity contribution is 6.13. The van der Waals surface area contributed by atoms with Gasteiger partial charge in [0.2, 0.25) is 0 Å². The Hall–Kier alpha value is -2.82. The van der Waals surface area contributed by atoms with Crippen LogP contribution in [0.25, 0.3) is 0 Å². The molecule has 1 aliphatic carbocycles. The Balaban J connectivity index is 1.87. The van der Waals surface area contributed by atoms with Gasteiger partial charge < -0.3 is 4.74 Å². The number of hydrogen-bond donors (Lipinski definition) is 0. The molecule has 0 bridgehead atoms. The molecule has 25 heavy (non-hydrogen) atoms. The number of hydrogen-bond acceptors (Lipinski definition) is 5. The molecule has 1 heterocycles. The maximum Gasteiger partial charge on any atom is 0.315 e. The topological polar surface area (TPSA) is 68.1 Å². The fourth-order valence-electron chi connectivity index (χ4n) is 4.03.